The molecule has 0 saturated carbocycles. The van der Waals surface area contributed by atoms with Crippen molar-refractivity contribution in [3.63, 3.8) is 0 Å². The molecule has 162 valence electrons. The first-order valence-electron chi connectivity index (χ1n) is 10.8. The average molecular weight is 429 g/mol. The number of halogens is 1. The topological polar surface area (TPSA) is 87.9 Å². The Morgan fingerprint density at radius 1 is 1.06 bits per heavy atom. The molecule has 0 atom stereocenters. The van der Waals surface area contributed by atoms with E-state index in [4.69, 9.17) is 5.73 Å². The Labute approximate surface area is 185 Å². The van der Waals surface area contributed by atoms with Gasteiger partial charge in [0.15, 0.2) is 5.82 Å². The van der Waals surface area contributed by atoms with Gasteiger partial charge in [0.1, 0.15) is 23.0 Å². The van der Waals surface area contributed by atoms with Crippen molar-refractivity contribution in [3.05, 3.63) is 77.7 Å². The third-order valence-corrected chi connectivity index (χ3v) is 6.12. The zero-order chi connectivity index (χ0) is 22.1. The summed E-state index contributed by atoms with van der Waals surface area (Å²) in [6, 6.07) is 18.0. The van der Waals surface area contributed by atoms with Crippen LogP contribution in [0.15, 0.2) is 60.7 Å². The van der Waals surface area contributed by atoms with E-state index in [9.17, 15) is 9.18 Å². The van der Waals surface area contributed by atoms with Crippen LogP contribution in [0.2, 0.25) is 0 Å². The van der Waals surface area contributed by atoms with E-state index in [2.05, 4.69) is 15.0 Å². The molecule has 7 heteroatoms. The van der Waals surface area contributed by atoms with Crippen molar-refractivity contribution in [2.45, 2.75) is 19.3 Å². The van der Waals surface area contributed by atoms with Crippen LogP contribution < -0.4 is 5.73 Å². The number of nitrogens with two attached hydrogens (primary N) is 1. The fourth-order valence-electron chi connectivity index (χ4n) is 4.33. The number of nitrogens with zero attached hydrogens (tertiary/aromatic N) is 3. The number of likely N-dealkylation sites (tertiary alicyclic amines) is 1. The first-order valence-corrected chi connectivity index (χ1v) is 10.8. The van der Waals surface area contributed by atoms with Crippen molar-refractivity contribution >= 4 is 22.8 Å². The Morgan fingerprint density at radius 2 is 1.78 bits per heavy atom. The molecule has 1 fully saturated rings. The molecule has 1 saturated heterocycles. The van der Waals surface area contributed by atoms with Crippen LogP contribution in [0.4, 0.5) is 10.2 Å². The fraction of sp³-hybridized carbons (Fsp3) is 0.240. The van der Waals surface area contributed by atoms with Gasteiger partial charge in [-0.25, -0.2) is 14.4 Å². The molecule has 2 aromatic heterocycles. The molecule has 1 amide bonds. The molecular weight excluding hydrogens is 405 g/mol. The lowest BCUT2D eigenvalue weighted by Crippen LogP contribution is -2.39. The molecule has 1 aliphatic heterocycles. The molecule has 0 bridgehead atoms. The number of hydrogen-bond acceptors (Lipinski definition) is 4. The summed E-state index contributed by atoms with van der Waals surface area (Å²) >= 11 is 0. The number of carbonyl (C=O) groups excluding carboxylic acids is 1. The molecule has 6 nitrogen and oxygen atoms in total. The van der Waals surface area contributed by atoms with E-state index in [1.54, 1.807) is 6.07 Å². The van der Waals surface area contributed by atoms with Crippen molar-refractivity contribution in [3.8, 4) is 11.4 Å². The SMILES string of the molecule is Nc1nc(-c2ccccc2)nc2[nH]c(C(=O)N3CCC(Cc4ccc(F)cc4)CC3)cc12. The molecule has 0 radical (unpaired) electrons. The highest BCUT2D eigenvalue weighted by atomic mass is 19.1. The Bertz CT molecular complexity index is 1240. The number of nitrogens with one attached hydrogen (secondary N) is 1. The number of rotatable bonds is 4. The molecule has 0 aliphatic carbocycles. The minimum atomic E-state index is -0.214. The van der Waals surface area contributed by atoms with Gasteiger partial charge in [0.2, 0.25) is 0 Å². The normalized spacial score (nSPS) is 14.7. The van der Waals surface area contributed by atoms with Gasteiger partial charge in [-0.3, -0.25) is 4.79 Å². The van der Waals surface area contributed by atoms with E-state index in [0.29, 0.717) is 47.4 Å². The lowest BCUT2D eigenvalue weighted by molar-refractivity contribution is 0.0685. The average Bonchev–Trinajstić information content (AvgIpc) is 3.26. The van der Waals surface area contributed by atoms with Gasteiger partial charge < -0.3 is 15.6 Å². The van der Waals surface area contributed by atoms with Crippen LogP contribution >= 0.6 is 0 Å². The minimum absolute atomic E-state index is 0.0520. The van der Waals surface area contributed by atoms with E-state index in [-0.39, 0.29) is 11.7 Å². The van der Waals surface area contributed by atoms with Crippen LogP contribution in [0.25, 0.3) is 22.4 Å². The summed E-state index contributed by atoms with van der Waals surface area (Å²) in [4.78, 5) is 27.1. The molecule has 3 N–H and O–H groups in total. The van der Waals surface area contributed by atoms with E-state index in [0.717, 1.165) is 30.4 Å². The number of amides is 1. The molecule has 32 heavy (non-hydrogen) atoms. The number of aromatic amines is 1. The summed E-state index contributed by atoms with van der Waals surface area (Å²) in [7, 11) is 0. The molecule has 0 spiro atoms. The predicted octanol–water partition coefficient (Wildman–Crippen LogP) is 4.44. The van der Waals surface area contributed by atoms with E-state index in [1.807, 2.05) is 47.4 Å². The van der Waals surface area contributed by atoms with Gasteiger partial charge in [0, 0.05) is 18.7 Å². The first-order chi connectivity index (χ1) is 15.6. The molecular formula is C25H24FN5O. The molecule has 3 heterocycles. The quantitative estimate of drug-likeness (QED) is 0.502. The lowest BCUT2D eigenvalue weighted by atomic mass is 9.90. The lowest BCUT2D eigenvalue weighted by Gasteiger charge is -2.31. The van der Waals surface area contributed by atoms with Crippen LogP contribution in [0.5, 0.6) is 0 Å². The maximum atomic E-state index is 13.1. The van der Waals surface area contributed by atoms with Gasteiger partial charge in [-0.1, -0.05) is 42.5 Å². The number of H-pyrrole nitrogens is 1. The van der Waals surface area contributed by atoms with E-state index in [1.165, 1.54) is 12.1 Å². The van der Waals surface area contributed by atoms with Crippen molar-refractivity contribution < 1.29 is 9.18 Å². The predicted molar refractivity (Wildman–Crippen MR) is 122 cm³/mol. The van der Waals surface area contributed by atoms with Crippen LogP contribution in [-0.2, 0) is 6.42 Å². The molecule has 0 unspecified atom stereocenters. The maximum Gasteiger partial charge on any atom is 0.270 e. The van der Waals surface area contributed by atoms with Crippen LogP contribution in [-0.4, -0.2) is 38.8 Å². The Morgan fingerprint density at radius 3 is 2.50 bits per heavy atom. The standard InChI is InChI=1S/C25H24FN5O/c26-19-8-6-16(7-9-19)14-17-10-12-31(13-11-17)25(32)21-15-20-22(27)29-23(30-24(20)28-21)18-4-2-1-3-5-18/h1-9,15,17H,10-14H2,(H3,27,28,29,30). The van der Waals surface area contributed by atoms with Crippen LogP contribution in [0, 0.1) is 11.7 Å². The van der Waals surface area contributed by atoms with Crippen molar-refractivity contribution in [2.24, 2.45) is 5.92 Å². The zero-order valence-electron chi connectivity index (χ0n) is 17.6. The third kappa shape index (κ3) is 4.06. The summed E-state index contributed by atoms with van der Waals surface area (Å²) in [5.74, 6) is 1.10. The summed E-state index contributed by atoms with van der Waals surface area (Å²) in [5, 5.41) is 0.652. The van der Waals surface area contributed by atoms with Gasteiger partial charge in [-0.2, -0.15) is 0 Å². The van der Waals surface area contributed by atoms with Crippen molar-refractivity contribution in [1.82, 2.24) is 19.9 Å². The fourth-order valence-corrected chi connectivity index (χ4v) is 4.33. The number of aromatic nitrogens is 3. The number of fused-ring (bicyclic) bond motifs is 1. The number of hydrogen-bond donors (Lipinski definition) is 2. The maximum absolute atomic E-state index is 13.1. The summed E-state index contributed by atoms with van der Waals surface area (Å²) in [6.45, 7) is 1.38. The highest BCUT2D eigenvalue weighted by molar-refractivity contribution is 6.00. The second kappa shape index (κ2) is 8.42. The van der Waals surface area contributed by atoms with E-state index >= 15 is 0 Å². The number of carbonyl (C=O) groups is 1. The van der Waals surface area contributed by atoms with Crippen LogP contribution in [0.3, 0.4) is 0 Å². The number of piperidine rings is 1. The highest BCUT2D eigenvalue weighted by Crippen LogP contribution is 2.26. The molecule has 5 rings (SSSR count). The van der Waals surface area contributed by atoms with Gasteiger partial charge in [0.05, 0.1) is 5.39 Å². The second-order valence-electron chi connectivity index (χ2n) is 8.31. The Balaban J connectivity index is 1.29. The van der Waals surface area contributed by atoms with Gasteiger partial charge in [-0.15, -0.1) is 0 Å². The highest BCUT2D eigenvalue weighted by Gasteiger charge is 2.25. The molecule has 4 aromatic rings. The second-order valence-corrected chi connectivity index (χ2v) is 8.31. The Hall–Kier alpha value is -3.74. The third-order valence-electron chi connectivity index (χ3n) is 6.12. The smallest absolute Gasteiger partial charge is 0.270 e. The number of anilines is 1. The monoisotopic (exact) mass is 429 g/mol. The molecule has 2 aromatic carbocycles. The molecule has 1 aliphatic rings. The van der Waals surface area contributed by atoms with Crippen LogP contribution in [0.1, 0.15) is 28.9 Å². The van der Waals surface area contributed by atoms with Gasteiger partial charge >= 0.3 is 0 Å². The van der Waals surface area contributed by atoms with Crippen molar-refractivity contribution in [2.75, 3.05) is 18.8 Å². The largest absolute Gasteiger partial charge is 0.383 e. The zero-order valence-corrected chi connectivity index (χ0v) is 17.6. The minimum Gasteiger partial charge on any atom is -0.383 e. The van der Waals surface area contributed by atoms with Gasteiger partial charge in [0.25, 0.3) is 5.91 Å². The van der Waals surface area contributed by atoms with Gasteiger partial charge in [-0.05, 0) is 48.9 Å². The summed E-state index contributed by atoms with van der Waals surface area (Å²) in [6.07, 6.45) is 2.75. The van der Waals surface area contributed by atoms with E-state index < -0.39 is 0 Å². The van der Waals surface area contributed by atoms with Crippen molar-refractivity contribution in [1.29, 1.82) is 0 Å². The summed E-state index contributed by atoms with van der Waals surface area (Å²) < 4.78 is 13.1. The first kappa shape index (κ1) is 20.2. The Kier molecular flexibility index (Phi) is 5.31. The number of benzene rings is 2. The number of nitrogen functional groups attached to an aromatic ring is 1. The summed E-state index contributed by atoms with van der Waals surface area (Å²) in [5.41, 5.74) is 9.21.